The van der Waals surface area contributed by atoms with Crippen molar-refractivity contribution in [1.82, 2.24) is 5.32 Å². The number of phenols is 1. The maximum Gasteiger partial charge on any atom is 0.335 e. The summed E-state index contributed by atoms with van der Waals surface area (Å²) in [6.45, 7) is 1.08. The van der Waals surface area contributed by atoms with Gasteiger partial charge in [-0.2, -0.15) is 0 Å². The Balaban J connectivity index is 2.48. The van der Waals surface area contributed by atoms with Gasteiger partial charge in [0, 0.05) is 0 Å². The number of barbiturate groups is 1. The van der Waals surface area contributed by atoms with Crippen molar-refractivity contribution in [2.24, 2.45) is 5.92 Å². The summed E-state index contributed by atoms with van der Waals surface area (Å²) in [6.07, 6.45) is 0. The molecule has 4 amide bonds. The highest BCUT2D eigenvalue weighted by Gasteiger charge is 2.44. The minimum atomic E-state index is -1.57. The van der Waals surface area contributed by atoms with Crippen molar-refractivity contribution in [1.29, 1.82) is 0 Å². The van der Waals surface area contributed by atoms with Crippen LogP contribution in [0.4, 0.5) is 10.5 Å². The molecule has 0 spiro atoms. The lowest BCUT2D eigenvalue weighted by molar-refractivity contribution is -0.140. The number of nitrogens with zero attached hydrogens (tertiary/aromatic N) is 1. The maximum absolute atomic E-state index is 12.1. The third kappa shape index (κ3) is 2.05. The van der Waals surface area contributed by atoms with Crippen molar-refractivity contribution in [3.8, 4) is 5.75 Å². The van der Waals surface area contributed by atoms with E-state index in [1.807, 2.05) is 5.32 Å². The van der Waals surface area contributed by atoms with E-state index in [-0.39, 0.29) is 11.4 Å². The van der Waals surface area contributed by atoms with Crippen molar-refractivity contribution < 1.29 is 24.3 Å². The Kier molecular flexibility index (Phi) is 3.04. The number of urea groups is 1. The second-order valence-corrected chi connectivity index (χ2v) is 4.00. The van der Waals surface area contributed by atoms with Gasteiger partial charge in [0.05, 0.1) is 5.69 Å². The predicted octanol–water partition coefficient (Wildman–Crippen LogP) is 0.180. The molecule has 1 fully saturated rings. The first-order valence-electron chi connectivity index (χ1n) is 5.40. The fourth-order valence-electron chi connectivity index (χ4n) is 1.81. The number of imide groups is 2. The second-order valence-electron chi connectivity index (χ2n) is 4.00. The Morgan fingerprint density at radius 3 is 2.47 bits per heavy atom. The van der Waals surface area contributed by atoms with Gasteiger partial charge in [0.1, 0.15) is 5.75 Å². The van der Waals surface area contributed by atoms with Crippen LogP contribution >= 0.6 is 0 Å². The van der Waals surface area contributed by atoms with Crippen LogP contribution in [-0.2, 0) is 14.4 Å². The summed E-state index contributed by atoms with van der Waals surface area (Å²) in [7, 11) is 0. The molecular weight excluding hydrogens is 252 g/mol. The van der Waals surface area contributed by atoms with Gasteiger partial charge in [0.25, 0.3) is 5.91 Å². The van der Waals surface area contributed by atoms with Crippen LogP contribution in [0.25, 0.3) is 0 Å². The molecule has 0 saturated carbocycles. The summed E-state index contributed by atoms with van der Waals surface area (Å²) in [6, 6.07) is 4.65. The van der Waals surface area contributed by atoms with E-state index < -0.39 is 29.5 Å². The Hall–Kier alpha value is -2.70. The molecule has 1 aliphatic rings. The van der Waals surface area contributed by atoms with Crippen LogP contribution in [0.15, 0.2) is 24.3 Å². The molecule has 7 heteroatoms. The van der Waals surface area contributed by atoms with E-state index in [1.165, 1.54) is 24.3 Å². The van der Waals surface area contributed by atoms with E-state index in [9.17, 15) is 24.3 Å². The maximum atomic E-state index is 12.1. The van der Waals surface area contributed by atoms with E-state index in [0.717, 1.165) is 6.92 Å². The SMILES string of the molecule is CC(=O)C1C(=O)NC(=O)N(c2ccccc2O)C1=O. The van der Waals surface area contributed by atoms with Gasteiger partial charge >= 0.3 is 6.03 Å². The zero-order valence-corrected chi connectivity index (χ0v) is 9.91. The number of carbonyl (C=O) groups excluding carboxylic acids is 4. The van der Waals surface area contributed by atoms with Crippen LogP contribution in [0.2, 0.25) is 0 Å². The normalized spacial score (nSPS) is 19.3. The van der Waals surface area contributed by atoms with Gasteiger partial charge in [-0.05, 0) is 19.1 Å². The Morgan fingerprint density at radius 2 is 1.89 bits per heavy atom. The zero-order chi connectivity index (χ0) is 14.2. The molecule has 2 rings (SSSR count). The van der Waals surface area contributed by atoms with Gasteiger partial charge in [-0.3, -0.25) is 19.7 Å². The molecule has 1 aromatic rings. The highest BCUT2D eigenvalue weighted by molar-refractivity contribution is 6.34. The van der Waals surface area contributed by atoms with Gasteiger partial charge in [0.2, 0.25) is 5.91 Å². The van der Waals surface area contributed by atoms with E-state index in [1.54, 1.807) is 0 Å². The summed E-state index contributed by atoms with van der Waals surface area (Å²) < 4.78 is 0. The number of para-hydroxylation sites is 2. The molecule has 1 atom stereocenters. The molecular formula is C12H10N2O5. The van der Waals surface area contributed by atoms with Crippen molar-refractivity contribution in [3.05, 3.63) is 24.3 Å². The van der Waals surface area contributed by atoms with Crippen molar-refractivity contribution in [2.75, 3.05) is 4.90 Å². The second kappa shape index (κ2) is 4.52. The number of Topliss-reactive ketones (excluding diaryl/α,β-unsaturated/α-hetero) is 1. The molecule has 7 nitrogen and oxygen atoms in total. The number of benzene rings is 1. The lowest BCUT2D eigenvalue weighted by atomic mass is 10.00. The smallest absolute Gasteiger partial charge is 0.335 e. The molecule has 1 unspecified atom stereocenters. The first-order chi connectivity index (χ1) is 8.93. The third-order valence-corrected chi connectivity index (χ3v) is 2.69. The summed E-state index contributed by atoms with van der Waals surface area (Å²) in [5.41, 5.74) is -0.0799. The summed E-state index contributed by atoms with van der Waals surface area (Å²) in [5, 5.41) is 11.6. The largest absolute Gasteiger partial charge is 0.506 e. The molecule has 0 aromatic heterocycles. The average molecular weight is 262 g/mol. The van der Waals surface area contributed by atoms with Gasteiger partial charge in [-0.15, -0.1) is 0 Å². The van der Waals surface area contributed by atoms with E-state index in [2.05, 4.69) is 0 Å². The summed E-state index contributed by atoms with van der Waals surface area (Å²) in [5.74, 6) is -4.47. The van der Waals surface area contributed by atoms with Crippen LogP contribution in [-0.4, -0.2) is 28.7 Å². The Labute approximate surface area is 107 Å². The molecule has 1 aromatic carbocycles. The number of anilines is 1. The van der Waals surface area contributed by atoms with Gasteiger partial charge < -0.3 is 5.11 Å². The van der Waals surface area contributed by atoms with Crippen molar-refractivity contribution in [2.45, 2.75) is 6.92 Å². The van der Waals surface area contributed by atoms with Crippen LogP contribution in [0.5, 0.6) is 5.75 Å². The number of aromatic hydroxyl groups is 1. The number of ketones is 1. The molecule has 1 saturated heterocycles. The van der Waals surface area contributed by atoms with Gasteiger partial charge in [0.15, 0.2) is 11.7 Å². The summed E-state index contributed by atoms with van der Waals surface area (Å²) in [4.78, 5) is 47.1. The zero-order valence-electron chi connectivity index (χ0n) is 9.91. The Bertz CT molecular complexity index is 596. The lowest BCUT2D eigenvalue weighted by Crippen LogP contribution is -2.59. The molecule has 1 heterocycles. The first kappa shape index (κ1) is 12.7. The third-order valence-electron chi connectivity index (χ3n) is 2.69. The minimum absolute atomic E-state index is 0.0799. The minimum Gasteiger partial charge on any atom is -0.506 e. The molecule has 0 aliphatic carbocycles. The number of amides is 4. The summed E-state index contributed by atoms with van der Waals surface area (Å²) >= 11 is 0. The number of carbonyl (C=O) groups is 4. The first-order valence-corrected chi connectivity index (χ1v) is 5.40. The molecule has 2 N–H and O–H groups in total. The fraction of sp³-hybridized carbons (Fsp3) is 0.167. The fourth-order valence-corrected chi connectivity index (χ4v) is 1.81. The highest BCUT2D eigenvalue weighted by atomic mass is 16.3. The number of phenolic OH excluding ortho intramolecular Hbond substituents is 1. The highest BCUT2D eigenvalue weighted by Crippen LogP contribution is 2.29. The lowest BCUT2D eigenvalue weighted by Gasteiger charge is -2.29. The molecule has 1 aliphatic heterocycles. The van der Waals surface area contributed by atoms with E-state index in [4.69, 9.17) is 0 Å². The van der Waals surface area contributed by atoms with Crippen molar-refractivity contribution in [3.63, 3.8) is 0 Å². The van der Waals surface area contributed by atoms with Crippen LogP contribution in [0.1, 0.15) is 6.92 Å². The van der Waals surface area contributed by atoms with Crippen LogP contribution in [0, 0.1) is 5.92 Å². The Morgan fingerprint density at radius 1 is 1.26 bits per heavy atom. The van der Waals surface area contributed by atoms with E-state index in [0.29, 0.717) is 4.90 Å². The molecule has 98 valence electrons. The predicted molar refractivity (Wildman–Crippen MR) is 63.3 cm³/mol. The van der Waals surface area contributed by atoms with Gasteiger partial charge in [-0.1, -0.05) is 12.1 Å². The quantitative estimate of drug-likeness (QED) is 0.740. The molecule has 0 radical (unpaired) electrons. The number of hydrogen-bond acceptors (Lipinski definition) is 5. The molecule has 0 bridgehead atoms. The van der Waals surface area contributed by atoms with Crippen LogP contribution in [0.3, 0.4) is 0 Å². The number of hydrogen-bond donors (Lipinski definition) is 2. The van der Waals surface area contributed by atoms with Gasteiger partial charge in [-0.25, -0.2) is 9.69 Å². The average Bonchev–Trinajstić information content (AvgIpc) is 2.30. The molecule has 19 heavy (non-hydrogen) atoms. The van der Waals surface area contributed by atoms with E-state index >= 15 is 0 Å². The monoisotopic (exact) mass is 262 g/mol. The number of rotatable bonds is 2. The van der Waals surface area contributed by atoms with Crippen LogP contribution < -0.4 is 10.2 Å². The number of nitrogens with one attached hydrogen (secondary N) is 1. The standard InChI is InChI=1S/C12H10N2O5/c1-6(15)9-10(17)13-12(19)14(11(9)18)7-4-2-3-5-8(7)16/h2-5,9,16H,1H3,(H,13,17,19). The topological polar surface area (TPSA) is 104 Å². The van der Waals surface area contributed by atoms with Crippen molar-refractivity contribution >= 4 is 29.3 Å².